The topological polar surface area (TPSA) is 0 Å². The summed E-state index contributed by atoms with van der Waals surface area (Å²) in [7, 11) is 0. The molecular weight excluding hydrogens is 241 g/mol. The highest BCUT2D eigenvalue weighted by atomic mass is 79.9. The van der Waals surface area contributed by atoms with Gasteiger partial charge in [0.25, 0.3) is 0 Å². The molecule has 0 aliphatic rings. The second kappa shape index (κ2) is 7.94. The molecule has 11 heavy (non-hydrogen) atoms. The van der Waals surface area contributed by atoms with Crippen LogP contribution in [0.4, 0.5) is 14.1 Å². The number of benzene rings is 1. The highest BCUT2D eigenvalue weighted by molar-refractivity contribution is 9.10. The molecule has 0 saturated heterocycles. The van der Waals surface area contributed by atoms with Crippen molar-refractivity contribution in [2.45, 2.75) is 4.90 Å². The smallest absolute Gasteiger partial charge is 0.0176 e. The van der Waals surface area contributed by atoms with Gasteiger partial charge in [0.15, 0.2) is 0 Å². The first-order valence-corrected chi connectivity index (χ1v) is 3.47. The fourth-order valence-electron chi connectivity index (χ4n) is 0.441. The van der Waals surface area contributed by atoms with E-state index in [9.17, 15) is 0 Å². The first kappa shape index (κ1) is 17.1. The summed E-state index contributed by atoms with van der Waals surface area (Å²) in [5.74, 6) is 0. The molecule has 0 N–H and O–H groups in total. The molecule has 5 heteroatoms. The zero-order valence-electron chi connectivity index (χ0n) is 5.36. The molecule has 0 nitrogen and oxygen atoms in total. The average molecular weight is 249 g/mol. The third kappa shape index (κ3) is 6.25. The van der Waals surface area contributed by atoms with Gasteiger partial charge in [-0.3, -0.25) is 14.1 Å². The van der Waals surface area contributed by atoms with E-state index in [0.29, 0.717) is 0 Å². The van der Waals surface area contributed by atoms with Gasteiger partial charge in [0.2, 0.25) is 0 Å². The standard InChI is InChI=1S/C6H5BrS.3FH/c7-5-1-3-6(8)4-2-5;;;/h1-4,8H;3*1H. The molecule has 0 aliphatic carbocycles. The van der Waals surface area contributed by atoms with Gasteiger partial charge in [0.05, 0.1) is 0 Å². The maximum atomic E-state index is 4.11. The van der Waals surface area contributed by atoms with Crippen molar-refractivity contribution in [1.82, 2.24) is 0 Å². The van der Waals surface area contributed by atoms with E-state index in [4.69, 9.17) is 0 Å². The molecular formula is C6H8BrF3S. The van der Waals surface area contributed by atoms with Gasteiger partial charge in [0, 0.05) is 9.37 Å². The van der Waals surface area contributed by atoms with Crippen molar-refractivity contribution in [2.75, 3.05) is 0 Å². The molecule has 0 fully saturated rings. The van der Waals surface area contributed by atoms with Crippen LogP contribution in [0, 0.1) is 0 Å². The lowest BCUT2D eigenvalue weighted by Crippen LogP contribution is -1.62. The molecule has 0 unspecified atom stereocenters. The van der Waals surface area contributed by atoms with Gasteiger partial charge in [0.1, 0.15) is 0 Å². The summed E-state index contributed by atoms with van der Waals surface area (Å²) < 4.78 is 1.09. The number of hydrogen-bond donors (Lipinski definition) is 1. The monoisotopic (exact) mass is 248 g/mol. The Morgan fingerprint density at radius 1 is 0.909 bits per heavy atom. The highest BCUT2D eigenvalue weighted by Gasteiger charge is 1.82. The molecule has 1 rings (SSSR count). The molecule has 0 spiro atoms. The quantitative estimate of drug-likeness (QED) is 0.670. The molecule has 0 bridgehead atoms. The van der Waals surface area contributed by atoms with Crippen LogP contribution in [0.2, 0.25) is 0 Å². The summed E-state index contributed by atoms with van der Waals surface area (Å²) in [4.78, 5) is 0.994. The maximum Gasteiger partial charge on any atom is 0.0176 e. The van der Waals surface area contributed by atoms with Gasteiger partial charge in [-0.05, 0) is 24.3 Å². The fourth-order valence-corrected chi connectivity index (χ4v) is 0.854. The molecule has 0 amide bonds. The summed E-state index contributed by atoms with van der Waals surface area (Å²) in [6.45, 7) is 0. The van der Waals surface area contributed by atoms with Gasteiger partial charge < -0.3 is 0 Å². The normalized spacial score (nSPS) is 6.73. The van der Waals surface area contributed by atoms with E-state index >= 15 is 0 Å². The maximum absolute atomic E-state index is 4.11. The van der Waals surface area contributed by atoms with Gasteiger partial charge >= 0.3 is 0 Å². The van der Waals surface area contributed by atoms with E-state index < -0.39 is 0 Å². The highest BCUT2D eigenvalue weighted by Crippen LogP contribution is 2.11. The molecule has 1 aromatic carbocycles. The lowest BCUT2D eigenvalue weighted by atomic mass is 10.4. The predicted molar refractivity (Wildman–Crippen MR) is 48.9 cm³/mol. The number of halogens is 4. The first-order chi connectivity index (χ1) is 3.79. The van der Waals surface area contributed by atoms with Crippen LogP contribution in [-0.2, 0) is 0 Å². The largest absolute Gasteiger partial charge is 0.269 e. The van der Waals surface area contributed by atoms with Crippen LogP contribution in [0.5, 0.6) is 0 Å². The van der Waals surface area contributed by atoms with Crippen molar-refractivity contribution >= 4 is 28.6 Å². The molecule has 0 atom stereocenters. The molecule has 0 heterocycles. The van der Waals surface area contributed by atoms with Crippen molar-refractivity contribution in [3.8, 4) is 0 Å². The zero-order chi connectivity index (χ0) is 5.98. The molecule has 0 radical (unpaired) electrons. The Morgan fingerprint density at radius 2 is 1.27 bits per heavy atom. The Bertz CT molecular complexity index is 157. The van der Waals surface area contributed by atoms with E-state index in [1.807, 2.05) is 24.3 Å². The third-order valence-electron chi connectivity index (χ3n) is 0.827. The zero-order valence-corrected chi connectivity index (χ0v) is 7.84. The molecule has 0 saturated carbocycles. The minimum Gasteiger partial charge on any atom is -0.269 e. The Labute approximate surface area is 76.6 Å². The Hall–Kier alpha value is -0.160. The van der Waals surface area contributed by atoms with Crippen molar-refractivity contribution in [1.29, 1.82) is 0 Å². The van der Waals surface area contributed by atoms with Crippen LogP contribution >= 0.6 is 28.6 Å². The van der Waals surface area contributed by atoms with Crippen LogP contribution < -0.4 is 0 Å². The third-order valence-corrected chi connectivity index (χ3v) is 1.65. The second-order valence-electron chi connectivity index (χ2n) is 1.48. The number of hydrogen-bond acceptors (Lipinski definition) is 1. The van der Waals surface area contributed by atoms with Crippen LogP contribution in [0.1, 0.15) is 0 Å². The number of thiol groups is 1. The van der Waals surface area contributed by atoms with Gasteiger partial charge in [-0.15, -0.1) is 12.6 Å². The van der Waals surface area contributed by atoms with Gasteiger partial charge in [-0.1, -0.05) is 15.9 Å². The Kier molecular flexibility index (Phi) is 12.3. The van der Waals surface area contributed by atoms with E-state index in [1.165, 1.54) is 0 Å². The first-order valence-electron chi connectivity index (χ1n) is 2.23. The van der Waals surface area contributed by atoms with Gasteiger partial charge in [-0.2, -0.15) is 0 Å². The fraction of sp³-hybridized carbons (Fsp3) is 0. The van der Waals surface area contributed by atoms with E-state index in [0.717, 1.165) is 9.37 Å². The van der Waals surface area contributed by atoms with Gasteiger partial charge in [-0.25, -0.2) is 0 Å². The molecule has 66 valence electrons. The van der Waals surface area contributed by atoms with E-state index in [-0.39, 0.29) is 14.1 Å². The summed E-state index contributed by atoms with van der Waals surface area (Å²) in [6, 6.07) is 7.80. The predicted octanol–water partition coefficient (Wildman–Crippen LogP) is 3.20. The summed E-state index contributed by atoms with van der Waals surface area (Å²) in [5, 5.41) is 0. The van der Waals surface area contributed by atoms with E-state index in [2.05, 4.69) is 28.6 Å². The second-order valence-corrected chi connectivity index (χ2v) is 2.91. The lowest BCUT2D eigenvalue weighted by molar-refractivity contribution is 1.11. The Morgan fingerprint density at radius 3 is 1.55 bits per heavy atom. The molecule has 0 aliphatic heterocycles. The SMILES string of the molecule is F.F.F.Sc1ccc(Br)cc1. The minimum absolute atomic E-state index is 0. The molecule has 1 aromatic rings. The summed E-state index contributed by atoms with van der Waals surface area (Å²) in [6.07, 6.45) is 0. The van der Waals surface area contributed by atoms with Crippen molar-refractivity contribution in [3.63, 3.8) is 0 Å². The van der Waals surface area contributed by atoms with Crippen LogP contribution in [0.15, 0.2) is 33.6 Å². The summed E-state index contributed by atoms with van der Waals surface area (Å²) >= 11 is 7.42. The van der Waals surface area contributed by atoms with Crippen LogP contribution in [0.3, 0.4) is 0 Å². The van der Waals surface area contributed by atoms with Crippen molar-refractivity contribution < 1.29 is 14.1 Å². The summed E-state index contributed by atoms with van der Waals surface area (Å²) in [5.41, 5.74) is 0. The average Bonchev–Trinajstić information content (AvgIpc) is 1.77. The molecule has 0 aromatic heterocycles. The minimum atomic E-state index is 0. The van der Waals surface area contributed by atoms with Crippen LogP contribution in [0.25, 0.3) is 0 Å². The number of rotatable bonds is 0. The van der Waals surface area contributed by atoms with Crippen molar-refractivity contribution in [3.05, 3.63) is 28.7 Å². The Balaban J connectivity index is -0.000000213. The van der Waals surface area contributed by atoms with E-state index in [1.54, 1.807) is 0 Å². The lowest BCUT2D eigenvalue weighted by Gasteiger charge is -1.87. The van der Waals surface area contributed by atoms with Crippen LogP contribution in [-0.4, -0.2) is 0 Å². The van der Waals surface area contributed by atoms with Crippen molar-refractivity contribution in [2.24, 2.45) is 0 Å².